The van der Waals surface area contributed by atoms with Crippen LogP contribution in [0.15, 0.2) is 60.8 Å². The summed E-state index contributed by atoms with van der Waals surface area (Å²) in [6, 6.07) is 14.5. The highest BCUT2D eigenvalue weighted by Gasteiger charge is 2.29. The molecule has 0 saturated heterocycles. The minimum absolute atomic E-state index is 0.193. The zero-order valence-corrected chi connectivity index (χ0v) is 14.3. The first-order valence-electron chi connectivity index (χ1n) is 8.30. The Morgan fingerprint density at radius 2 is 1.70 bits per heavy atom. The molecule has 2 aromatic carbocycles. The van der Waals surface area contributed by atoms with Gasteiger partial charge < -0.3 is 5.32 Å². The summed E-state index contributed by atoms with van der Waals surface area (Å²) in [7, 11) is 0. The number of amides is 1. The van der Waals surface area contributed by atoms with Crippen LogP contribution in [-0.4, -0.2) is 27.4 Å². The number of halogens is 3. The van der Waals surface area contributed by atoms with Gasteiger partial charge in [-0.05, 0) is 29.7 Å². The molecule has 1 heterocycles. The van der Waals surface area contributed by atoms with Gasteiger partial charge in [0.05, 0.1) is 18.3 Å². The highest BCUT2D eigenvalue weighted by Crippen LogP contribution is 2.29. The van der Waals surface area contributed by atoms with E-state index in [0.29, 0.717) is 18.5 Å². The lowest BCUT2D eigenvalue weighted by Crippen LogP contribution is -2.26. The number of alkyl halides is 3. The van der Waals surface area contributed by atoms with Gasteiger partial charge in [-0.15, -0.1) is 5.10 Å². The van der Waals surface area contributed by atoms with Gasteiger partial charge in [0.15, 0.2) is 5.69 Å². The molecule has 1 amide bonds. The Morgan fingerprint density at radius 3 is 2.37 bits per heavy atom. The van der Waals surface area contributed by atoms with E-state index in [1.54, 1.807) is 10.9 Å². The minimum Gasteiger partial charge on any atom is -0.350 e. The predicted octanol–water partition coefficient (Wildman–Crippen LogP) is 3.32. The van der Waals surface area contributed by atoms with Gasteiger partial charge >= 0.3 is 6.18 Å². The van der Waals surface area contributed by atoms with E-state index >= 15 is 0 Å². The van der Waals surface area contributed by atoms with Crippen LogP contribution in [0.1, 0.15) is 27.2 Å². The molecule has 0 radical (unpaired) electrons. The van der Waals surface area contributed by atoms with Gasteiger partial charge in [0, 0.05) is 6.54 Å². The highest BCUT2D eigenvalue weighted by atomic mass is 19.4. The summed E-state index contributed by atoms with van der Waals surface area (Å²) >= 11 is 0. The molecule has 0 aliphatic rings. The first kappa shape index (κ1) is 18.6. The van der Waals surface area contributed by atoms with Crippen LogP contribution in [0, 0.1) is 0 Å². The number of benzene rings is 2. The van der Waals surface area contributed by atoms with E-state index in [2.05, 4.69) is 15.6 Å². The van der Waals surface area contributed by atoms with Gasteiger partial charge in [0.1, 0.15) is 0 Å². The first-order chi connectivity index (χ1) is 12.9. The Balaban J connectivity index is 1.50. The largest absolute Gasteiger partial charge is 0.416 e. The van der Waals surface area contributed by atoms with Crippen LogP contribution in [0.2, 0.25) is 0 Å². The Hall–Kier alpha value is -3.16. The maximum absolute atomic E-state index is 12.5. The van der Waals surface area contributed by atoms with E-state index in [1.165, 1.54) is 12.1 Å². The van der Waals surface area contributed by atoms with Crippen LogP contribution < -0.4 is 5.32 Å². The molecule has 3 rings (SSSR count). The molecule has 8 heteroatoms. The van der Waals surface area contributed by atoms with Crippen LogP contribution in [0.5, 0.6) is 0 Å². The number of hydrogen-bond donors (Lipinski definition) is 1. The smallest absolute Gasteiger partial charge is 0.350 e. The third-order valence-electron chi connectivity index (χ3n) is 3.94. The molecule has 0 saturated carbocycles. The van der Waals surface area contributed by atoms with Crippen molar-refractivity contribution in [3.05, 3.63) is 83.2 Å². The second kappa shape index (κ2) is 8.03. The lowest BCUT2D eigenvalue weighted by Gasteiger charge is -2.08. The lowest BCUT2D eigenvalue weighted by molar-refractivity contribution is -0.137. The zero-order valence-electron chi connectivity index (χ0n) is 14.3. The van der Waals surface area contributed by atoms with Crippen molar-refractivity contribution in [1.82, 2.24) is 20.3 Å². The zero-order chi connectivity index (χ0) is 19.3. The molecule has 0 aliphatic heterocycles. The monoisotopic (exact) mass is 374 g/mol. The second-order valence-corrected chi connectivity index (χ2v) is 5.99. The molecule has 1 N–H and O–H groups in total. The summed E-state index contributed by atoms with van der Waals surface area (Å²) in [6.45, 7) is 0.794. The molecule has 1 aromatic heterocycles. The summed E-state index contributed by atoms with van der Waals surface area (Å²) in [5, 5.41) is 10.5. The summed E-state index contributed by atoms with van der Waals surface area (Å²) in [5.74, 6) is -0.374. The fraction of sp³-hybridized carbons (Fsp3) is 0.211. The summed E-state index contributed by atoms with van der Waals surface area (Å²) in [5.41, 5.74) is 1.25. The van der Waals surface area contributed by atoms with Crippen molar-refractivity contribution in [2.45, 2.75) is 19.1 Å². The van der Waals surface area contributed by atoms with Crippen molar-refractivity contribution in [3.8, 4) is 0 Å². The molecule has 0 bridgehead atoms. The van der Waals surface area contributed by atoms with Crippen molar-refractivity contribution < 1.29 is 18.0 Å². The molecule has 0 atom stereocenters. The molecular weight excluding hydrogens is 357 g/mol. The number of aromatic nitrogens is 3. The standard InChI is InChI=1S/C19H17F3N4O/c20-19(21,22)16-8-6-14(7-9-16)10-11-23-18(27)17-13-26(25-24-17)12-15-4-2-1-3-5-15/h1-9,13H,10-12H2,(H,23,27). The number of carbonyl (C=O) groups excluding carboxylic acids is 1. The van der Waals surface area contributed by atoms with Crippen molar-refractivity contribution in [3.63, 3.8) is 0 Å². The topological polar surface area (TPSA) is 59.8 Å². The molecule has 3 aromatic rings. The number of carbonyl (C=O) groups is 1. The van der Waals surface area contributed by atoms with Crippen molar-refractivity contribution in [2.24, 2.45) is 0 Å². The van der Waals surface area contributed by atoms with Crippen LogP contribution >= 0.6 is 0 Å². The Bertz CT molecular complexity index is 889. The van der Waals surface area contributed by atoms with Crippen LogP contribution in [0.25, 0.3) is 0 Å². The maximum atomic E-state index is 12.5. The van der Waals surface area contributed by atoms with E-state index in [1.807, 2.05) is 30.3 Å². The molecule has 0 spiro atoms. The van der Waals surface area contributed by atoms with Gasteiger partial charge in [0.2, 0.25) is 0 Å². The summed E-state index contributed by atoms with van der Waals surface area (Å²) < 4.78 is 39.2. The maximum Gasteiger partial charge on any atom is 0.416 e. The second-order valence-electron chi connectivity index (χ2n) is 5.99. The van der Waals surface area contributed by atoms with E-state index < -0.39 is 11.7 Å². The van der Waals surface area contributed by atoms with Crippen LogP contribution in [0.4, 0.5) is 13.2 Å². The Labute approximate surface area is 153 Å². The van der Waals surface area contributed by atoms with Gasteiger partial charge in [0.25, 0.3) is 5.91 Å². The van der Waals surface area contributed by atoms with E-state index in [9.17, 15) is 18.0 Å². The number of nitrogens with one attached hydrogen (secondary N) is 1. The normalized spacial score (nSPS) is 11.4. The summed E-state index contributed by atoms with van der Waals surface area (Å²) in [6.07, 6.45) is -2.37. The average molecular weight is 374 g/mol. The SMILES string of the molecule is O=C(NCCc1ccc(C(F)(F)F)cc1)c1cn(Cc2ccccc2)nn1. The van der Waals surface area contributed by atoms with Gasteiger partial charge in [-0.1, -0.05) is 47.7 Å². The molecular formula is C19H17F3N4O. The quantitative estimate of drug-likeness (QED) is 0.720. The van der Waals surface area contributed by atoms with E-state index in [4.69, 9.17) is 0 Å². The van der Waals surface area contributed by atoms with Crippen molar-refractivity contribution in [2.75, 3.05) is 6.54 Å². The average Bonchev–Trinajstić information content (AvgIpc) is 3.11. The molecule has 27 heavy (non-hydrogen) atoms. The summed E-state index contributed by atoms with van der Waals surface area (Å²) in [4.78, 5) is 12.1. The molecule has 5 nitrogen and oxygen atoms in total. The number of rotatable bonds is 6. The van der Waals surface area contributed by atoms with E-state index in [0.717, 1.165) is 17.7 Å². The van der Waals surface area contributed by atoms with Crippen LogP contribution in [0.3, 0.4) is 0 Å². The fourth-order valence-corrected chi connectivity index (χ4v) is 2.52. The van der Waals surface area contributed by atoms with Crippen molar-refractivity contribution in [1.29, 1.82) is 0 Å². The third-order valence-corrected chi connectivity index (χ3v) is 3.94. The van der Waals surface area contributed by atoms with Gasteiger partial charge in [-0.2, -0.15) is 13.2 Å². The first-order valence-corrected chi connectivity index (χ1v) is 8.30. The van der Waals surface area contributed by atoms with Gasteiger partial charge in [-0.3, -0.25) is 4.79 Å². The Morgan fingerprint density at radius 1 is 1.00 bits per heavy atom. The predicted molar refractivity (Wildman–Crippen MR) is 93.0 cm³/mol. The number of hydrogen-bond acceptors (Lipinski definition) is 3. The molecule has 0 aliphatic carbocycles. The van der Waals surface area contributed by atoms with Crippen molar-refractivity contribution >= 4 is 5.91 Å². The fourth-order valence-electron chi connectivity index (χ4n) is 2.52. The molecule has 0 fully saturated rings. The van der Waals surface area contributed by atoms with Crippen LogP contribution in [-0.2, 0) is 19.1 Å². The van der Waals surface area contributed by atoms with E-state index in [-0.39, 0.29) is 18.1 Å². The third kappa shape index (κ3) is 5.16. The Kier molecular flexibility index (Phi) is 5.54. The number of nitrogens with zero attached hydrogens (tertiary/aromatic N) is 3. The molecule has 0 unspecified atom stereocenters. The van der Waals surface area contributed by atoms with Gasteiger partial charge in [-0.25, -0.2) is 4.68 Å². The highest BCUT2D eigenvalue weighted by molar-refractivity contribution is 5.91. The lowest BCUT2D eigenvalue weighted by atomic mass is 10.1. The molecule has 140 valence electrons. The minimum atomic E-state index is -4.35.